The second-order valence-corrected chi connectivity index (χ2v) is 14.5. The summed E-state index contributed by atoms with van der Waals surface area (Å²) in [6, 6.07) is 62.6. The number of aromatic nitrogens is 3. The Kier molecular flexibility index (Phi) is 7.16. The van der Waals surface area contributed by atoms with E-state index < -0.39 is 0 Å². The molecule has 0 fully saturated rings. The molecular formula is C50H35N3. The number of nitrogens with zero attached hydrogens (tertiary/aromatic N) is 3. The Morgan fingerprint density at radius 2 is 0.906 bits per heavy atom. The monoisotopic (exact) mass is 677 g/mol. The first-order valence-electron chi connectivity index (χ1n) is 18.2. The van der Waals surface area contributed by atoms with Crippen LogP contribution in [0.1, 0.15) is 25.0 Å². The second kappa shape index (κ2) is 12.2. The summed E-state index contributed by atoms with van der Waals surface area (Å²) < 4.78 is 0. The van der Waals surface area contributed by atoms with Crippen LogP contribution in [0.15, 0.2) is 176 Å². The molecule has 3 heteroatoms. The maximum Gasteiger partial charge on any atom is 0.164 e. The van der Waals surface area contributed by atoms with Crippen molar-refractivity contribution in [2.45, 2.75) is 19.3 Å². The molecule has 0 amide bonds. The molecule has 1 aromatic heterocycles. The van der Waals surface area contributed by atoms with Crippen molar-refractivity contribution in [1.82, 2.24) is 15.0 Å². The molecule has 0 radical (unpaired) electrons. The topological polar surface area (TPSA) is 38.7 Å². The van der Waals surface area contributed by atoms with Gasteiger partial charge in [-0.2, -0.15) is 0 Å². The standard InChI is InChI=1S/C50H35N3/c1-50(2)43-31-40(49-52-47(34-17-7-4-8-18-34)51-48(53-49)39-22-13-21-36(29-39)32-14-5-3-6-15-32)26-27-42(43)46-44(50)30-37-20-11-12-23-41(37)45(46)38-25-24-33-16-9-10-19-35(33)28-38/h3-31H,1-2H3. The zero-order chi connectivity index (χ0) is 35.5. The van der Waals surface area contributed by atoms with Crippen molar-refractivity contribution in [3.8, 4) is 67.5 Å². The third-order valence-electron chi connectivity index (χ3n) is 10.9. The number of fused-ring (bicyclic) bond motifs is 5. The highest BCUT2D eigenvalue weighted by atomic mass is 15.0. The highest BCUT2D eigenvalue weighted by Crippen LogP contribution is 2.55. The lowest BCUT2D eigenvalue weighted by atomic mass is 9.80. The van der Waals surface area contributed by atoms with Crippen LogP contribution in [0.25, 0.3) is 89.1 Å². The molecule has 0 N–H and O–H groups in total. The molecule has 9 aromatic rings. The van der Waals surface area contributed by atoms with Gasteiger partial charge in [-0.25, -0.2) is 15.0 Å². The van der Waals surface area contributed by atoms with E-state index in [1.54, 1.807) is 0 Å². The maximum absolute atomic E-state index is 5.17. The SMILES string of the molecule is CC1(C)c2cc(-c3nc(-c4ccccc4)nc(-c4cccc(-c5ccccc5)c4)n3)ccc2-c2c1cc1ccccc1c2-c1ccc2ccccc2c1. The van der Waals surface area contributed by atoms with Gasteiger partial charge in [-0.15, -0.1) is 0 Å². The fourth-order valence-corrected chi connectivity index (χ4v) is 8.15. The maximum atomic E-state index is 5.17. The van der Waals surface area contributed by atoms with Gasteiger partial charge in [-0.1, -0.05) is 166 Å². The average molecular weight is 678 g/mol. The number of hydrogen-bond donors (Lipinski definition) is 0. The van der Waals surface area contributed by atoms with Crippen molar-refractivity contribution in [2.24, 2.45) is 0 Å². The lowest BCUT2D eigenvalue weighted by Crippen LogP contribution is -2.15. The Hall–Kier alpha value is -6.71. The van der Waals surface area contributed by atoms with Crippen LogP contribution >= 0.6 is 0 Å². The summed E-state index contributed by atoms with van der Waals surface area (Å²) in [5, 5.41) is 5.01. The number of hydrogen-bond acceptors (Lipinski definition) is 3. The summed E-state index contributed by atoms with van der Waals surface area (Å²) in [6.45, 7) is 4.70. The first-order valence-corrected chi connectivity index (χ1v) is 18.2. The van der Waals surface area contributed by atoms with E-state index in [4.69, 9.17) is 15.0 Å². The molecule has 0 saturated carbocycles. The van der Waals surface area contributed by atoms with Gasteiger partial charge in [-0.3, -0.25) is 0 Å². The summed E-state index contributed by atoms with van der Waals surface area (Å²) >= 11 is 0. The van der Waals surface area contributed by atoms with Crippen LogP contribution in [-0.2, 0) is 5.41 Å². The summed E-state index contributed by atoms with van der Waals surface area (Å²) in [5.41, 5.74) is 12.6. The molecule has 10 rings (SSSR count). The zero-order valence-electron chi connectivity index (χ0n) is 29.6. The van der Waals surface area contributed by atoms with Crippen molar-refractivity contribution in [3.05, 3.63) is 187 Å². The van der Waals surface area contributed by atoms with Gasteiger partial charge >= 0.3 is 0 Å². The van der Waals surface area contributed by atoms with Gasteiger partial charge in [0.05, 0.1) is 0 Å². The molecule has 0 unspecified atom stereocenters. The molecule has 53 heavy (non-hydrogen) atoms. The van der Waals surface area contributed by atoms with Crippen molar-refractivity contribution in [1.29, 1.82) is 0 Å². The minimum atomic E-state index is -0.252. The third kappa shape index (κ3) is 5.24. The normalized spacial score (nSPS) is 12.9. The summed E-state index contributed by atoms with van der Waals surface area (Å²) in [4.78, 5) is 15.3. The molecule has 0 aliphatic heterocycles. The van der Waals surface area contributed by atoms with Crippen LogP contribution in [0.4, 0.5) is 0 Å². The smallest absolute Gasteiger partial charge is 0.164 e. The van der Waals surface area contributed by atoms with Gasteiger partial charge in [-0.05, 0) is 90.3 Å². The first-order chi connectivity index (χ1) is 26.0. The Morgan fingerprint density at radius 3 is 1.66 bits per heavy atom. The number of rotatable bonds is 5. The van der Waals surface area contributed by atoms with Crippen LogP contribution in [0.2, 0.25) is 0 Å². The average Bonchev–Trinajstić information content (AvgIpc) is 3.45. The van der Waals surface area contributed by atoms with Gasteiger partial charge in [0.1, 0.15) is 0 Å². The summed E-state index contributed by atoms with van der Waals surface area (Å²) in [7, 11) is 0. The van der Waals surface area contributed by atoms with E-state index in [9.17, 15) is 0 Å². The largest absolute Gasteiger partial charge is 0.208 e. The van der Waals surface area contributed by atoms with E-state index in [1.807, 2.05) is 24.3 Å². The Labute approximate surface area is 309 Å². The highest BCUT2D eigenvalue weighted by molar-refractivity contribution is 6.09. The molecular weight excluding hydrogens is 643 g/mol. The van der Waals surface area contributed by atoms with E-state index in [0.717, 1.165) is 27.8 Å². The summed E-state index contributed by atoms with van der Waals surface area (Å²) in [5.74, 6) is 1.97. The van der Waals surface area contributed by atoms with Crippen molar-refractivity contribution in [3.63, 3.8) is 0 Å². The van der Waals surface area contributed by atoms with Crippen molar-refractivity contribution in [2.75, 3.05) is 0 Å². The molecule has 0 atom stereocenters. The quantitative estimate of drug-likeness (QED) is 0.182. The van der Waals surface area contributed by atoms with Gasteiger partial charge in [0.2, 0.25) is 0 Å². The molecule has 8 aromatic carbocycles. The second-order valence-electron chi connectivity index (χ2n) is 14.5. The number of benzene rings is 8. The molecule has 0 bridgehead atoms. The fourth-order valence-electron chi connectivity index (χ4n) is 8.15. The van der Waals surface area contributed by atoms with Gasteiger partial charge < -0.3 is 0 Å². The summed E-state index contributed by atoms with van der Waals surface area (Å²) in [6.07, 6.45) is 0. The van der Waals surface area contributed by atoms with E-state index in [-0.39, 0.29) is 5.41 Å². The van der Waals surface area contributed by atoms with Crippen LogP contribution in [0, 0.1) is 0 Å². The van der Waals surface area contributed by atoms with Crippen molar-refractivity contribution < 1.29 is 0 Å². The molecule has 0 spiro atoms. The van der Waals surface area contributed by atoms with E-state index >= 15 is 0 Å². The van der Waals surface area contributed by atoms with Crippen LogP contribution in [0.5, 0.6) is 0 Å². The molecule has 3 nitrogen and oxygen atoms in total. The van der Waals surface area contributed by atoms with Gasteiger partial charge in [0.25, 0.3) is 0 Å². The predicted octanol–water partition coefficient (Wildman–Crippen LogP) is 12.8. The lowest BCUT2D eigenvalue weighted by molar-refractivity contribution is 0.661. The first kappa shape index (κ1) is 31.1. The molecule has 0 saturated heterocycles. The molecule has 1 heterocycles. The predicted molar refractivity (Wildman–Crippen MR) is 220 cm³/mol. The minimum Gasteiger partial charge on any atom is -0.208 e. The Morgan fingerprint density at radius 1 is 0.340 bits per heavy atom. The fraction of sp³-hybridized carbons (Fsp3) is 0.0600. The molecule has 1 aliphatic carbocycles. The molecule has 250 valence electrons. The van der Waals surface area contributed by atoms with E-state index in [1.165, 1.54) is 54.9 Å². The third-order valence-corrected chi connectivity index (χ3v) is 10.9. The van der Waals surface area contributed by atoms with Crippen LogP contribution in [0.3, 0.4) is 0 Å². The van der Waals surface area contributed by atoms with Crippen LogP contribution in [-0.4, -0.2) is 15.0 Å². The lowest BCUT2D eigenvalue weighted by Gasteiger charge is -2.23. The molecule has 1 aliphatic rings. The van der Waals surface area contributed by atoms with Crippen molar-refractivity contribution >= 4 is 21.5 Å². The minimum absolute atomic E-state index is 0.252. The Bertz CT molecular complexity index is 2860. The van der Waals surface area contributed by atoms with Crippen LogP contribution < -0.4 is 0 Å². The van der Waals surface area contributed by atoms with E-state index in [2.05, 4.69) is 166 Å². The van der Waals surface area contributed by atoms with Gasteiger partial charge in [0, 0.05) is 22.1 Å². The van der Waals surface area contributed by atoms with Gasteiger partial charge in [0.15, 0.2) is 17.5 Å². The highest BCUT2D eigenvalue weighted by Gasteiger charge is 2.38. The Balaban J connectivity index is 1.16. The van der Waals surface area contributed by atoms with E-state index in [0.29, 0.717) is 17.5 Å². The zero-order valence-corrected chi connectivity index (χ0v) is 29.6.